The molecule has 0 aromatic rings. The number of hydrogen-bond acceptors (Lipinski definition) is 1. The molecule has 0 N–H and O–H groups in total. The zero-order chi connectivity index (χ0) is 21.6. The van der Waals surface area contributed by atoms with Gasteiger partial charge in [0.25, 0.3) is 0 Å². The first kappa shape index (κ1) is 28.7. The van der Waals surface area contributed by atoms with Gasteiger partial charge in [-0.3, -0.25) is 0 Å². The van der Waals surface area contributed by atoms with Gasteiger partial charge in [0, 0.05) is 0 Å². The van der Waals surface area contributed by atoms with E-state index in [0.29, 0.717) is 4.12 Å². The van der Waals surface area contributed by atoms with Gasteiger partial charge in [0.15, 0.2) is 0 Å². The molecule has 0 aliphatic rings. The van der Waals surface area contributed by atoms with Crippen LogP contribution in [0.3, 0.4) is 0 Å². The van der Waals surface area contributed by atoms with Crippen molar-refractivity contribution in [2.24, 2.45) is 0 Å². The van der Waals surface area contributed by atoms with Crippen molar-refractivity contribution < 1.29 is 4.74 Å². The third kappa shape index (κ3) is 10.7. The molecule has 0 saturated carbocycles. The fourth-order valence-corrected chi connectivity index (χ4v) is 23.5. The molecule has 0 aliphatic carbocycles. The van der Waals surface area contributed by atoms with Gasteiger partial charge < -0.3 is 0 Å². The molecule has 0 radical (unpaired) electrons. The van der Waals surface area contributed by atoms with Crippen molar-refractivity contribution in [1.29, 1.82) is 0 Å². The summed E-state index contributed by atoms with van der Waals surface area (Å²) in [6, 6.07) is 0. The van der Waals surface area contributed by atoms with Crippen molar-refractivity contribution in [1.82, 2.24) is 0 Å². The van der Waals surface area contributed by atoms with Crippen LogP contribution >= 0.6 is 0 Å². The molecule has 0 aliphatic heterocycles. The molecule has 0 aromatic heterocycles. The molecule has 0 aromatic carbocycles. The van der Waals surface area contributed by atoms with Crippen molar-refractivity contribution >= 4 is 26.5 Å². The third-order valence-corrected chi connectivity index (χ3v) is 25.7. The van der Waals surface area contributed by atoms with Gasteiger partial charge in [-0.25, -0.2) is 0 Å². The van der Waals surface area contributed by atoms with Crippen molar-refractivity contribution in [3.8, 4) is 0 Å². The van der Waals surface area contributed by atoms with E-state index in [2.05, 4.69) is 60.8 Å². The summed E-state index contributed by atoms with van der Waals surface area (Å²) < 4.78 is 12.3. The molecule has 3 heteroatoms. The van der Waals surface area contributed by atoms with Crippen molar-refractivity contribution in [3.05, 3.63) is 11.8 Å². The van der Waals surface area contributed by atoms with E-state index in [1.54, 1.807) is 13.3 Å². The van der Waals surface area contributed by atoms with Gasteiger partial charge in [0.2, 0.25) is 0 Å². The molecular formula is C25H54OSiSn. The zero-order valence-electron chi connectivity index (χ0n) is 21.0. The molecule has 0 unspecified atom stereocenters. The summed E-state index contributed by atoms with van der Waals surface area (Å²) >= 11 is -2.38. The van der Waals surface area contributed by atoms with Crippen LogP contribution in [-0.4, -0.2) is 36.7 Å². The molecule has 1 nitrogen and oxygen atoms in total. The number of ether oxygens (including phenoxy) is 1. The Balaban J connectivity index is 5.71. The Bertz CT molecular complexity index is 380. The predicted octanol–water partition coefficient (Wildman–Crippen LogP) is 9.16. The van der Waals surface area contributed by atoms with Crippen LogP contribution in [0, 0.1) is 0 Å². The van der Waals surface area contributed by atoms with Crippen LogP contribution in [-0.2, 0) is 4.74 Å². The maximum absolute atomic E-state index is 7.07. The quantitative estimate of drug-likeness (QED) is 0.130. The fraction of sp³-hybridized carbons (Fsp3) is 0.920. The first-order valence-electron chi connectivity index (χ1n) is 12.5. The summed E-state index contributed by atoms with van der Waals surface area (Å²) in [5.41, 5.74) is 0. The van der Waals surface area contributed by atoms with Crippen molar-refractivity contribution in [3.63, 3.8) is 0 Å². The standard InChI is InChI=1S/C13H27OSi.3C4H9.Sn/c1-7-8-9-10-11-14-12(2)13(3)15(4,5)6;3*1-3-4-2;/h11-12H,3,7-10H2,1-2,4-6H3;3*1,3-4H2,2H3;/t12-;;;;/m0..../s1. The molecule has 0 saturated heterocycles. The van der Waals surface area contributed by atoms with Crippen molar-refractivity contribution in [2.75, 3.05) is 0 Å². The molecule has 2 atom stereocenters. The monoisotopic (exact) mass is 518 g/mol. The minimum atomic E-state index is -2.38. The summed E-state index contributed by atoms with van der Waals surface area (Å²) in [6.07, 6.45) is 13.9. The molecule has 0 fully saturated rings. The first-order chi connectivity index (χ1) is 13.2. The van der Waals surface area contributed by atoms with Crippen LogP contribution in [0.5, 0.6) is 0 Å². The second-order valence-electron chi connectivity index (χ2n) is 10.2. The molecule has 0 amide bonds. The van der Waals surface area contributed by atoms with Gasteiger partial charge in [0.1, 0.15) is 0 Å². The van der Waals surface area contributed by atoms with E-state index in [0.717, 1.165) is 0 Å². The first-order valence-corrected chi connectivity index (χ1v) is 23.7. The summed E-state index contributed by atoms with van der Waals surface area (Å²) in [5.74, 6) is 0. The molecule has 0 rings (SSSR count). The SMILES string of the molecule is C=C([C@H](C)O[C@@H](CCCCC)[Sn]([CH2]CCC)([CH2]CCC)[CH2]CCC)[Si](C)(C)C. The third-order valence-electron chi connectivity index (χ3n) is 6.66. The van der Waals surface area contributed by atoms with E-state index < -0.39 is 26.5 Å². The maximum atomic E-state index is 7.07. The molecule has 168 valence electrons. The summed E-state index contributed by atoms with van der Waals surface area (Å²) in [6.45, 7) is 23.5. The van der Waals surface area contributed by atoms with E-state index in [4.69, 9.17) is 4.74 Å². The average Bonchev–Trinajstić information content (AvgIpc) is 2.65. The van der Waals surface area contributed by atoms with Crippen LogP contribution < -0.4 is 0 Å². The summed E-state index contributed by atoms with van der Waals surface area (Å²) in [5, 5.41) is 1.41. The van der Waals surface area contributed by atoms with Gasteiger partial charge in [-0.2, -0.15) is 0 Å². The Morgan fingerprint density at radius 1 is 0.786 bits per heavy atom. The summed E-state index contributed by atoms with van der Waals surface area (Å²) in [7, 11) is -1.36. The summed E-state index contributed by atoms with van der Waals surface area (Å²) in [4.78, 5) is 0. The van der Waals surface area contributed by atoms with Gasteiger partial charge in [-0.15, -0.1) is 0 Å². The topological polar surface area (TPSA) is 9.23 Å². The van der Waals surface area contributed by atoms with Crippen LogP contribution in [0.4, 0.5) is 0 Å². The second kappa shape index (κ2) is 15.5. The molecule has 0 heterocycles. The molecule has 28 heavy (non-hydrogen) atoms. The second-order valence-corrected chi connectivity index (χ2v) is 29.2. The number of unbranched alkanes of at least 4 members (excludes halogenated alkanes) is 5. The predicted molar refractivity (Wildman–Crippen MR) is 136 cm³/mol. The average molecular weight is 518 g/mol. The van der Waals surface area contributed by atoms with Gasteiger partial charge >= 0.3 is 185 Å². The van der Waals surface area contributed by atoms with Crippen LogP contribution in [0.2, 0.25) is 33.0 Å². The molecular weight excluding hydrogens is 463 g/mol. The van der Waals surface area contributed by atoms with Crippen LogP contribution in [0.25, 0.3) is 0 Å². The minimum absolute atomic E-state index is 0.249. The molecule has 0 bridgehead atoms. The Hall–Kier alpha value is 0.716. The van der Waals surface area contributed by atoms with Crippen LogP contribution in [0.15, 0.2) is 11.8 Å². The van der Waals surface area contributed by atoms with E-state index in [9.17, 15) is 0 Å². The van der Waals surface area contributed by atoms with E-state index in [1.165, 1.54) is 69.4 Å². The zero-order valence-corrected chi connectivity index (χ0v) is 24.8. The van der Waals surface area contributed by atoms with E-state index in [-0.39, 0.29) is 6.10 Å². The Morgan fingerprint density at radius 3 is 1.57 bits per heavy atom. The number of rotatable bonds is 18. The number of hydrogen-bond donors (Lipinski definition) is 0. The Morgan fingerprint density at radius 2 is 1.21 bits per heavy atom. The van der Waals surface area contributed by atoms with Crippen LogP contribution in [0.1, 0.15) is 98.8 Å². The van der Waals surface area contributed by atoms with Gasteiger partial charge in [0.05, 0.1) is 0 Å². The fourth-order valence-electron chi connectivity index (χ4n) is 4.48. The van der Waals surface area contributed by atoms with E-state index in [1.807, 2.05) is 0 Å². The van der Waals surface area contributed by atoms with Gasteiger partial charge in [-0.1, -0.05) is 0 Å². The Labute approximate surface area is 184 Å². The van der Waals surface area contributed by atoms with E-state index >= 15 is 0 Å². The normalized spacial score (nSPS) is 14.9. The molecule has 0 spiro atoms. The van der Waals surface area contributed by atoms with Gasteiger partial charge in [-0.05, 0) is 0 Å². The Kier molecular flexibility index (Phi) is 15.9. The van der Waals surface area contributed by atoms with Crippen molar-refractivity contribution in [2.45, 2.75) is 142 Å².